The highest BCUT2D eigenvalue weighted by Crippen LogP contribution is 2.15. The highest BCUT2D eigenvalue weighted by Gasteiger charge is 2.11. The average molecular weight is 277 g/mol. The van der Waals surface area contributed by atoms with Crippen molar-refractivity contribution in [1.82, 2.24) is 15.5 Å². The van der Waals surface area contributed by atoms with Crippen molar-refractivity contribution in [2.45, 2.75) is 6.29 Å². The zero-order chi connectivity index (χ0) is 14.4. The molecule has 2 rings (SSSR count). The molecule has 1 N–H and O–H groups in total. The van der Waals surface area contributed by atoms with Crippen molar-refractivity contribution in [2.75, 3.05) is 20.8 Å². The van der Waals surface area contributed by atoms with Crippen LogP contribution in [0.3, 0.4) is 0 Å². The molecule has 1 aromatic heterocycles. The van der Waals surface area contributed by atoms with E-state index in [-0.39, 0.29) is 12.5 Å². The number of nitrogens with zero attached hydrogens (tertiary/aromatic N) is 2. The van der Waals surface area contributed by atoms with Crippen molar-refractivity contribution in [2.24, 2.45) is 0 Å². The molecule has 106 valence electrons. The molecule has 1 amide bonds. The second-order valence-electron chi connectivity index (χ2n) is 3.95. The molecule has 0 saturated carbocycles. The first-order valence-corrected chi connectivity index (χ1v) is 5.95. The van der Waals surface area contributed by atoms with Crippen LogP contribution in [-0.4, -0.2) is 43.1 Å². The number of methoxy groups -OCH3 is 2. The van der Waals surface area contributed by atoms with Crippen molar-refractivity contribution in [3.05, 3.63) is 36.2 Å². The molecule has 0 atom stereocenters. The van der Waals surface area contributed by atoms with Crippen LogP contribution >= 0.6 is 0 Å². The Kier molecular flexibility index (Phi) is 4.80. The zero-order valence-corrected chi connectivity index (χ0v) is 11.2. The summed E-state index contributed by atoms with van der Waals surface area (Å²) in [5.74, 6) is 0.209. The average Bonchev–Trinajstić information content (AvgIpc) is 3.02. The van der Waals surface area contributed by atoms with Crippen LogP contribution in [0.15, 0.2) is 35.2 Å². The Bertz CT molecular complexity index is 553. The maximum absolute atomic E-state index is 12.0. The zero-order valence-electron chi connectivity index (χ0n) is 11.2. The van der Waals surface area contributed by atoms with Gasteiger partial charge in [0.1, 0.15) is 0 Å². The van der Waals surface area contributed by atoms with Gasteiger partial charge >= 0.3 is 0 Å². The van der Waals surface area contributed by atoms with Crippen molar-refractivity contribution >= 4 is 5.91 Å². The fourth-order valence-electron chi connectivity index (χ4n) is 1.64. The van der Waals surface area contributed by atoms with Crippen LogP contribution in [-0.2, 0) is 9.47 Å². The fourth-order valence-corrected chi connectivity index (χ4v) is 1.64. The number of ether oxygens (including phenoxy) is 2. The van der Waals surface area contributed by atoms with E-state index in [1.807, 2.05) is 0 Å². The summed E-state index contributed by atoms with van der Waals surface area (Å²) >= 11 is 0. The summed E-state index contributed by atoms with van der Waals surface area (Å²) in [7, 11) is 3.02. The van der Waals surface area contributed by atoms with Crippen LogP contribution < -0.4 is 5.32 Å². The molecule has 0 saturated heterocycles. The van der Waals surface area contributed by atoms with Crippen LogP contribution in [0.25, 0.3) is 11.4 Å². The normalized spacial score (nSPS) is 10.8. The summed E-state index contributed by atoms with van der Waals surface area (Å²) in [6.45, 7) is 0.262. The first-order chi connectivity index (χ1) is 9.74. The topological polar surface area (TPSA) is 86.5 Å². The van der Waals surface area contributed by atoms with Crippen LogP contribution in [0.1, 0.15) is 10.4 Å². The van der Waals surface area contributed by atoms with E-state index in [9.17, 15) is 4.79 Å². The Morgan fingerprint density at radius 1 is 1.40 bits per heavy atom. The quantitative estimate of drug-likeness (QED) is 0.795. The molecule has 1 heterocycles. The van der Waals surface area contributed by atoms with Gasteiger partial charge in [-0.15, -0.1) is 0 Å². The Balaban J connectivity index is 2.05. The molecule has 7 heteroatoms. The van der Waals surface area contributed by atoms with Crippen molar-refractivity contribution in [3.8, 4) is 11.4 Å². The lowest BCUT2D eigenvalue weighted by Crippen LogP contribution is -2.34. The maximum atomic E-state index is 12.0. The van der Waals surface area contributed by atoms with E-state index < -0.39 is 6.29 Å². The van der Waals surface area contributed by atoms with Crippen LogP contribution in [0.5, 0.6) is 0 Å². The third kappa shape index (κ3) is 3.40. The lowest BCUT2D eigenvalue weighted by atomic mass is 10.1. The first kappa shape index (κ1) is 14.2. The highest BCUT2D eigenvalue weighted by molar-refractivity contribution is 5.95. The molecular weight excluding hydrogens is 262 g/mol. The Morgan fingerprint density at radius 3 is 2.85 bits per heavy atom. The number of carbonyl (C=O) groups excluding carboxylic acids is 1. The van der Waals surface area contributed by atoms with Gasteiger partial charge < -0.3 is 19.3 Å². The van der Waals surface area contributed by atoms with Crippen LogP contribution in [0, 0.1) is 0 Å². The first-order valence-electron chi connectivity index (χ1n) is 5.95. The molecule has 0 fully saturated rings. The molecule has 1 aromatic carbocycles. The molecule has 0 aliphatic carbocycles. The van der Waals surface area contributed by atoms with Gasteiger partial charge in [0.25, 0.3) is 5.91 Å². The van der Waals surface area contributed by atoms with Gasteiger partial charge in [-0.05, 0) is 12.1 Å². The molecular formula is C13H15N3O4. The van der Waals surface area contributed by atoms with Gasteiger partial charge in [-0.3, -0.25) is 4.79 Å². The standard InChI is InChI=1S/C13H15N3O4/c1-18-11(19-2)7-14-13(17)10-5-3-4-9(6-10)12-15-8-20-16-12/h3-6,8,11H,7H2,1-2H3,(H,14,17). The van der Waals surface area contributed by atoms with Gasteiger partial charge in [-0.25, -0.2) is 0 Å². The number of carbonyl (C=O) groups is 1. The largest absolute Gasteiger partial charge is 0.354 e. The Hall–Kier alpha value is -2.25. The minimum Gasteiger partial charge on any atom is -0.354 e. The molecule has 2 aromatic rings. The number of rotatable bonds is 6. The second kappa shape index (κ2) is 6.78. The summed E-state index contributed by atoms with van der Waals surface area (Å²) in [5, 5.41) is 6.45. The number of amides is 1. The monoisotopic (exact) mass is 277 g/mol. The summed E-state index contributed by atoms with van der Waals surface area (Å²) in [6.07, 6.45) is 0.767. The van der Waals surface area contributed by atoms with Gasteiger partial charge in [0.2, 0.25) is 12.2 Å². The third-order valence-electron chi connectivity index (χ3n) is 2.70. The van der Waals surface area contributed by atoms with E-state index in [0.29, 0.717) is 17.0 Å². The molecule has 0 unspecified atom stereocenters. The summed E-state index contributed by atoms with van der Waals surface area (Å²) in [6, 6.07) is 6.95. The maximum Gasteiger partial charge on any atom is 0.251 e. The van der Waals surface area contributed by atoms with E-state index >= 15 is 0 Å². The smallest absolute Gasteiger partial charge is 0.251 e. The van der Waals surface area contributed by atoms with E-state index in [2.05, 4.69) is 20.0 Å². The van der Waals surface area contributed by atoms with E-state index in [4.69, 9.17) is 9.47 Å². The molecule has 0 bridgehead atoms. The molecule has 20 heavy (non-hydrogen) atoms. The SMILES string of the molecule is COC(CNC(=O)c1cccc(-c2ncon2)c1)OC. The Labute approximate surface area is 115 Å². The lowest BCUT2D eigenvalue weighted by molar-refractivity contribution is -0.0974. The van der Waals surface area contributed by atoms with Crippen LogP contribution in [0.2, 0.25) is 0 Å². The Morgan fingerprint density at radius 2 is 2.20 bits per heavy atom. The number of aromatic nitrogens is 2. The molecule has 7 nitrogen and oxygen atoms in total. The fraction of sp³-hybridized carbons (Fsp3) is 0.308. The molecule has 0 radical (unpaired) electrons. The number of hydrogen-bond donors (Lipinski definition) is 1. The summed E-state index contributed by atoms with van der Waals surface area (Å²) in [4.78, 5) is 16.0. The van der Waals surface area contributed by atoms with Crippen LogP contribution in [0.4, 0.5) is 0 Å². The van der Waals surface area contributed by atoms with Gasteiger partial charge in [-0.1, -0.05) is 17.3 Å². The predicted molar refractivity (Wildman–Crippen MR) is 69.9 cm³/mol. The third-order valence-corrected chi connectivity index (χ3v) is 2.70. The lowest BCUT2D eigenvalue weighted by Gasteiger charge is -2.14. The second-order valence-corrected chi connectivity index (χ2v) is 3.95. The van der Waals surface area contributed by atoms with Gasteiger partial charge in [0.15, 0.2) is 6.29 Å². The van der Waals surface area contributed by atoms with Gasteiger partial charge in [0.05, 0.1) is 6.54 Å². The van der Waals surface area contributed by atoms with Gasteiger partial charge in [-0.2, -0.15) is 4.98 Å². The summed E-state index contributed by atoms with van der Waals surface area (Å²) < 4.78 is 14.7. The van der Waals surface area contributed by atoms with E-state index in [1.165, 1.54) is 20.6 Å². The number of benzene rings is 1. The molecule has 0 aliphatic rings. The minimum absolute atomic E-state index is 0.227. The molecule has 0 aliphatic heterocycles. The number of nitrogens with one attached hydrogen (secondary N) is 1. The van der Waals surface area contributed by atoms with E-state index in [1.54, 1.807) is 24.3 Å². The number of hydrogen-bond acceptors (Lipinski definition) is 6. The van der Waals surface area contributed by atoms with E-state index in [0.717, 1.165) is 0 Å². The van der Waals surface area contributed by atoms with Crippen molar-refractivity contribution in [3.63, 3.8) is 0 Å². The molecule has 0 spiro atoms. The highest BCUT2D eigenvalue weighted by atomic mass is 16.7. The van der Waals surface area contributed by atoms with Crippen molar-refractivity contribution in [1.29, 1.82) is 0 Å². The van der Waals surface area contributed by atoms with Crippen molar-refractivity contribution < 1.29 is 18.8 Å². The van der Waals surface area contributed by atoms with Gasteiger partial charge in [0, 0.05) is 25.3 Å². The predicted octanol–water partition coefficient (Wildman–Crippen LogP) is 1.09. The summed E-state index contributed by atoms with van der Waals surface area (Å²) in [5.41, 5.74) is 1.21. The minimum atomic E-state index is -0.473.